The molecule has 0 heterocycles. The molecule has 1 N–H and O–H groups in total. The summed E-state index contributed by atoms with van der Waals surface area (Å²) < 4.78 is 5.25. The van der Waals surface area contributed by atoms with Gasteiger partial charge in [0.05, 0.1) is 22.3 Å². The summed E-state index contributed by atoms with van der Waals surface area (Å²) in [4.78, 5) is 11.1. The number of ether oxygens (including phenoxy) is 1. The standard InChI is InChI=1S/C10H10Cl3NO2/c1-2-16-6-3-7(12)10(8(13)4-6)14-9(15)5-11/h3-4H,2,5H2,1H3,(H,14,15). The predicted molar refractivity (Wildman–Crippen MR) is 67.0 cm³/mol. The van der Waals surface area contributed by atoms with Gasteiger partial charge in [-0.2, -0.15) is 0 Å². The number of hydrogen-bond acceptors (Lipinski definition) is 2. The molecule has 3 nitrogen and oxygen atoms in total. The van der Waals surface area contributed by atoms with Crippen LogP contribution in [0.2, 0.25) is 10.0 Å². The van der Waals surface area contributed by atoms with Crippen LogP contribution in [0.3, 0.4) is 0 Å². The topological polar surface area (TPSA) is 38.3 Å². The Morgan fingerprint density at radius 3 is 2.38 bits per heavy atom. The molecule has 0 radical (unpaired) electrons. The first-order valence-corrected chi connectivity index (χ1v) is 5.85. The average molecular weight is 283 g/mol. The van der Waals surface area contributed by atoms with E-state index in [2.05, 4.69) is 5.32 Å². The average Bonchev–Trinajstić information content (AvgIpc) is 2.23. The van der Waals surface area contributed by atoms with Crippen LogP contribution in [0.15, 0.2) is 12.1 Å². The molecule has 0 aliphatic rings. The zero-order valence-electron chi connectivity index (χ0n) is 8.52. The molecule has 0 aromatic heterocycles. The van der Waals surface area contributed by atoms with E-state index in [1.165, 1.54) is 0 Å². The van der Waals surface area contributed by atoms with Crippen LogP contribution >= 0.6 is 34.8 Å². The van der Waals surface area contributed by atoms with Crippen LogP contribution in [0.5, 0.6) is 5.75 Å². The molecule has 0 unspecified atom stereocenters. The Morgan fingerprint density at radius 1 is 1.38 bits per heavy atom. The molecule has 1 aromatic rings. The van der Waals surface area contributed by atoms with Gasteiger partial charge in [0.15, 0.2) is 0 Å². The number of rotatable bonds is 4. The number of alkyl halides is 1. The van der Waals surface area contributed by atoms with E-state index in [-0.39, 0.29) is 11.8 Å². The number of benzene rings is 1. The largest absolute Gasteiger partial charge is 0.494 e. The van der Waals surface area contributed by atoms with Crippen LogP contribution in [0.25, 0.3) is 0 Å². The number of halogens is 3. The van der Waals surface area contributed by atoms with E-state index in [9.17, 15) is 4.79 Å². The van der Waals surface area contributed by atoms with E-state index >= 15 is 0 Å². The molecular weight excluding hydrogens is 272 g/mol. The molecule has 0 atom stereocenters. The molecule has 1 amide bonds. The van der Waals surface area contributed by atoms with Crippen molar-refractivity contribution < 1.29 is 9.53 Å². The Bertz CT molecular complexity index is 373. The van der Waals surface area contributed by atoms with Gasteiger partial charge in [0.1, 0.15) is 11.6 Å². The van der Waals surface area contributed by atoms with Crippen LogP contribution in [-0.4, -0.2) is 18.4 Å². The highest BCUT2D eigenvalue weighted by atomic mass is 35.5. The van der Waals surface area contributed by atoms with E-state index in [0.29, 0.717) is 28.1 Å². The maximum atomic E-state index is 11.1. The maximum absolute atomic E-state index is 11.1. The molecular formula is C10H10Cl3NO2. The summed E-state index contributed by atoms with van der Waals surface area (Å²) in [5.41, 5.74) is 0.345. The number of hydrogen-bond donors (Lipinski definition) is 1. The number of carbonyl (C=O) groups is 1. The minimum Gasteiger partial charge on any atom is -0.494 e. The summed E-state index contributed by atoms with van der Waals surface area (Å²) in [6.07, 6.45) is 0. The van der Waals surface area contributed by atoms with Crippen molar-refractivity contribution in [1.29, 1.82) is 0 Å². The quantitative estimate of drug-likeness (QED) is 0.857. The lowest BCUT2D eigenvalue weighted by atomic mass is 10.3. The van der Waals surface area contributed by atoms with Gasteiger partial charge in [-0.25, -0.2) is 0 Å². The van der Waals surface area contributed by atoms with Crippen molar-refractivity contribution in [3.63, 3.8) is 0 Å². The SMILES string of the molecule is CCOc1cc(Cl)c(NC(=O)CCl)c(Cl)c1. The third-order valence-corrected chi connectivity index (χ3v) is 2.55. The second kappa shape index (κ2) is 6.18. The summed E-state index contributed by atoms with van der Waals surface area (Å²) in [5, 5.41) is 3.14. The number of amides is 1. The molecule has 0 spiro atoms. The fourth-order valence-electron chi connectivity index (χ4n) is 1.09. The summed E-state index contributed by atoms with van der Waals surface area (Å²) in [6.45, 7) is 2.37. The van der Waals surface area contributed by atoms with Gasteiger partial charge in [-0.05, 0) is 6.92 Å². The molecule has 0 bridgehead atoms. The molecule has 0 aliphatic heterocycles. The van der Waals surface area contributed by atoms with Gasteiger partial charge < -0.3 is 10.1 Å². The van der Waals surface area contributed by atoms with Crippen molar-refractivity contribution in [3.8, 4) is 5.75 Å². The fraction of sp³-hybridized carbons (Fsp3) is 0.300. The van der Waals surface area contributed by atoms with Gasteiger partial charge in [0.25, 0.3) is 0 Å². The minimum atomic E-state index is -0.366. The monoisotopic (exact) mass is 281 g/mol. The van der Waals surface area contributed by atoms with Crippen LogP contribution in [0, 0.1) is 0 Å². The molecule has 1 aromatic carbocycles. The van der Waals surface area contributed by atoms with Gasteiger partial charge in [-0.3, -0.25) is 4.79 Å². The zero-order valence-corrected chi connectivity index (χ0v) is 10.8. The van der Waals surface area contributed by atoms with Crippen molar-refractivity contribution in [3.05, 3.63) is 22.2 Å². The normalized spacial score (nSPS) is 10.0. The smallest absolute Gasteiger partial charge is 0.239 e. The third-order valence-electron chi connectivity index (χ3n) is 1.71. The molecule has 0 saturated carbocycles. The lowest BCUT2D eigenvalue weighted by Crippen LogP contribution is -2.13. The Kier molecular flexibility index (Phi) is 5.19. The van der Waals surface area contributed by atoms with Crippen molar-refractivity contribution in [2.24, 2.45) is 0 Å². The van der Waals surface area contributed by atoms with Crippen molar-refractivity contribution >= 4 is 46.4 Å². The van der Waals surface area contributed by atoms with E-state index in [4.69, 9.17) is 39.5 Å². The first-order valence-electron chi connectivity index (χ1n) is 4.56. The first-order chi connectivity index (χ1) is 7.58. The first kappa shape index (κ1) is 13.4. The zero-order chi connectivity index (χ0) is 12.1. The highest BCUT2D eigenvalue weighted by Gasteiger charge is 2.11. The molecule has 0 fully saturated rings. The molecule has 88 valence electrons. The fourth-order valence-corrected chi connectivity index (χ4v) is 1.72. The Morgan fingerprint density at radius 2 is 1.94 bits per heavy atom. The summed E-state index contributed by atoms with van der Waals surface area (Å²) in [6, 6.07) is 3.17. The van der Waals surface area contributed by atoms with Gasteiger partial charge in [-0.15, -0.1) is 11.6 Å². The minimum absolute atomic E-state index is 0.153. The van der Waals surface area contributed by atoms with Gasteiger partial charge in [-0.1, -0.05) is 23.2 Å². The molecule has 16 heavy (non-hydrogen) atoms. The summed E-state index contributed by atoms with van der Waals surface area (Å²) >= 11 is 17.3. The van der Waals surface area contributed by atoms with Gasteiger partial charge >= 0.3 is 0 Å². The highest BCUT2D eigenvalue weighted by Crippen LogP contribution is 2.34. The van der Waals surface area contributed by atoms with E-state index in [1.807, 2.05) is 6.92 Å². The van der Waals surface area contributed by atoms with Crippen LogP contribution in [-0.2, 0) is 4.79 Å². The Labute approximate surface area is 109 Å². The van der Waals surface area contributed by atoms with Crippen molar-refractivity contribution in [2.75, 3.05) is 17.8 Å². The van der Waals surface area contributed by atoms with Gasteiger partial charge in [0, 0.05) is 12.1 Å². The van der Waals surface area contributed by atoms with Crippen LogP contribution in [0.1, 0.15) is 6.92 Å². The second-order valence-electron chi connectivity index (χ2n) is 2.88. The Hall–Kier alpha value is -0.640. The van der Waals surface area contributed by atoms with E-state index in [1.54, 1.807) is 12.1 Å². The van der Waals surface area contributed by atoms with Gasteiger partial charge in [0.2, 0.25) is 5.91 Å². The molecule has 0 aliphatic carbocycles. The van der Waals surface area contributed by atoms with E-state index in [0.717, 1.165) is 0 Å². The van der Waals surface area contributed by atoms with E-state index < -0.39 is 0 Å². The lowest BCUT2D eigenvalue weighted by molar-refractivity contribution is -0.113. The highest BCUT2D eigenvalue weighted by molar-refractivity contribution is 6.40. The predicted octanol–water partition coefficient (Wildman–Crippen LogP) is 3.57. The van der Waals surface area contributed by atoms with Crippen LogP contribution < -0.4 is 10.1 Å². The number of anilines is 1. The molecule has 6 heteroatoms. The number of nitrogens with one attached hydrogen (secondary N) is 1. The second-order valence-corrected chi connectivity index (χ2v) is 3.96. The summed E-state index contributed by atoms with van der Waals surface area (Å²) in [5.74, 6) is 0.0378. The third kappa shape index (κ3) is 3.44. The molecule has 1 rings (SSSR count). The Balaban J connectivity index is 2.98. The maximum Gasteiger partial charge on any atom is 0.239 e. The molecule has 0 saturated heterocycles. The summed E-state index contributed by atoms with van der Waals surface area (Å²) in [7, 11) is 0. The van der Waals surface area contributed by atoms with Crippen molar-refractivity contribution in [2.45, 2.75) is 6.92 Å². The lowest BCUT2D eigenvalue weighted by Gasteiger charge is -2.10. The van der Waals surface area contributed by atoms with Crippen LogP contribution in [0.4, 0.5) is 5.69 Å². The number of carbonyl (C=O) groups excluding carboxylic acids is 1. The van der Waals surface area contributed by atoms with Crippen molar-refractivity contribution in [1.82, 2.24) is 0 Å².